The van der Waals surface area contributed by atoms with Crippen molar-refractivity contribution in [2.75, 3.05) is 0 Å². The van der Waals surface area contributed by atoms with Crippen molar-refractivity contribution < 1.29 is 0 Å². The third-order valence-corrected chi connectivity index (χ3v) is 8.22. The molecule has 82 valence electrons. The van der Waals surface area contributed by atoms with Crippen LogP contribution in [0.5, 0.6) is 0 Å². The van der Waals surface area contributed by atoms with Crippen molar-refractivity contribution in [3.63, 3.8) is 0 Å². The number of halogens is 1. The predicted molar refractivity (Wildman–Crippen MR) is 69.9 cm³/mol. The Bertz CT molecular complexity index is 256. The maximum atomic E-state index is 6.00. The standard InChI is InChI=1S/C9H19IN4/c1-4(2)7(11)5(3)6-8(12)9(13)10(6)14/h6-9H,1,3,11-14H2,2H3. The van der Waals surface area contributed by atoms with Gasteiger partial charge in [-0.05, 0) is 0 Å². The third kappa shape index (κ3) is 1.87. The molecule has 0 aromatic heterocycles. The molecule has 5 heteroatoms. The van der Waals surface area contributed by atoms with Crippen molar-refractivity contribution >= 4 is 20.1 Å². The van der Waals surface area contributed by atoms with Crippen molar-refractivity contribution in [1.82, 2.24) is 0 Å². The zero-order valence-corrected chi connectivity index (χ0v) is 10.6. The number of hydrogen-bond acceptors (Lipinski definition) is 4. The molecule has 1 aliphatic rings. The Morgan fingerprint density at radius 2 is 1.86 bits per heavy atom. The first kappa shape index (κ1) is 12.1. The van der Waals surface area contributed by atoms with E-state index >= 15 is 0 Å². The predicted octanol–water partition coefficient (Wildman–Crippen LogP) is -0.180. The van der Waals surface area contributed by atoms with E-state index in [1.54, 1.807) is 0 Å². The molecule has 1 fully saturated rings. The Labute approximate surface area is 92.5 Å². The van der Waals surface area contributed by atoms with Crippen LogP contribution in [0.4, 0.5) is 0 Å². The second-order valence-corrected chi connectivity index (χ2v) is 8.64. The Balaban J connectivity index is 2.67. The van der Waals surface area contributed by atoms with E-state index in [2.05, 4.69) is 13.2 Å². The molecule has 0 spiro atoms. The van der Waals surface area contributed by atoms with Gasteiger partial charge in [0.05, 0.1) is 0 Å². The van der Waals surface area contributed by atoms with E-state index in [0.29, 0.717) is 0 Å². The van der Waals surface area contributed by atoms with Crippen molar-refractivity contribution in [3.05, 3.63) is 24.3 Å². The van der Waals surface area contributed by atoms with E-state index < -0.39 is 20.1 Å². The third-order valence-electron chi connectivity index (χ3n) is 2.55. The molecule has 4 unspecified atom stereocenters. The summed E-state index contributed by atoms with van der Waals surface area (Å²) >= 11 is -1.63. The molecule has 1 aliphatic heterocycles. The van der Waals surface area contributed by atoms with Crippen LogP contribution in [0.3, 0.4) is 0 Å². The normalized spacial score (nSPS) is 36.1. The molecule has 1 saturated heterocycles. The summed E-state index contributed by atoms with van der Waals surface area (Å²) in [5.41, 5.74) is 19.4. The van der Waals surface area contributed by atoms with Gasteiger partial charge in [0.15, 0.2) is 0 Å². The molecule has 0 saturated carbocycles. The molecule has 4 nitrogen and oxygen atoms in total. The SMILES string of the molecule is C=C(C)C(N)C(=C)C1C(N)C(N)I1N. The molecule has 0 amide bonds. The second kappa shape index (κ2) is 4.28. The van der Waals surface area contributed by atoms with Gasteiger partial charge in [-0.1, -0.05) is 0 Å². The van der Waals surface area contributed by atoms with E-state index in [1.165, 1.54) is 0 Å². The van der Waals surface area contributed by atoms with Crippen LogP contribution >= 0.6 is 20.1 Å². The van der Waals surface area contributed by atoms with Crippen molar-refractivity contribution in [1.29, 1.82) is 0 Å². The Morgan fingerprint density at radius 1 is 1.36 bits per heavy atom. The molecular formula is C9H19IN4. The molecule has 1 rings (SSSR count). The number of nitrogens with two attached hydrogens (primary N) is 4. The fourth-order valence-corrected chi connectivity index (χ4v) is 5.74. The van der Waals surface area contributed by atoms with Crippen LogP contribution in [-0.2, 0) is 0 Å². The van der Waals surface area contributed by atoms with Crippen LogP contribution in [0.25, 0.3) is 0 Å². The van der Waals surface area contributed by atoms with Gasteiger partial charge >= 0.3 is 92.5 Å². The van der Waals surface area contributed by atoms with Gasteiger partial charge in [-0.3, -0.25) is 0 Å². The molecule has 4 atom stereocenters. The van der Waals surface area contributed by atoms with Crippen LogP contribution in [-0.4, -0.2) is 20.1 Å². The molecule has 0 bridgehead atoms. The van der Waals surface area contributed by atoms with Gasteiger partial charge in [-0.25, -0.2) is 0 Å². The Morgan fingerprint density at radius 3 is 2.21 bits per heavy atom. The van der Waals surface area contributed by atoms with Gasteiger partial charge in [0.25, 0.3) is 0 Å². The van der Waals surface area contributed by atoms with Gasteiger partial charge in [0.2, 0.25) is 0 Å². The monoisotopic (exact) mass is 310 g/mol. The molecule has 0 aromatic rings. The van der Waals surface area contributed by atoms with E-state index in [0.717, 1.165) is 11.1 Å². The molecular weight excluding hydrogens is 291 g/mol. The Kier molecular flexibility index (Phi) is 3.70. The summed E-state index contributed by atoms with van der Waals surface area (Å²) in [6.45, 7) is 9.66. The Hall–Kier alpha value is 0.0500. The van der Waals surface area contributed by atoms with Gasteiger partial charge < -0.3 is 0 Å². The van der Waals surface area contributed by atoms with Crippen LogP contribution in [0.15, 0.2) is 24.3 Å². The van der Waals surface area contributed by atoms with Crippen LogP contribution < -0.4 is 21.1 Å². The van der Waals surface area contributed by atoms with Crippen LogP contribution in [0.2, 0.25) is 0 Å². The zero-order chi connectivity index (χ0) is 11.0. The quantitative estimate of drug-likeness (QED) is 0.191. The van der Waals surface area contributed by atoms with Crippen molar-refractivity contribution in [3.8, 4) is 0 Å². The summed E-state index contributed by atoms with van der Waals surface area (Å²) in [4.78, 5) is 0. The molecule has 0 radical (unpaired) electrons. The summed E-state index contributed by atoms with van der Waals surface area (Å²) in [6.07, 6.45) is 0. The molecule has 14 heavy (non-hydrogen) atoms. The number of alkyl halides is 2. The topological polar surface area (TPSA) is 104 Å². The summed E-state index contributed by atoms with van der Waals surface area (Å²) in [6, 6.07) is -0.245. The first-order chi connectivity index (χ1) is 6.37. The molecule has 1 heterocycles. The van der Waals surface area contributed by atoms with E-state index in [1.807, 2.05) is 6.92 Å². The van der Waals surface area contributed by atoms with E-state index in [9.17, 15) is 0 Å². The number of rotatable bonds is 3. The number of hydrogen-bond donors (Lipinski definition) is 4. The average Bonchev–Trinajstić information content (AvgIpc) is 2.15. The summed E-state index contributed by atoms with van der Waals surface area (Å²) in [5.74, 6) is 0. The van der Waals surface area contributed by atoms with E-state index in [4.69, 9.17) is 21.1 Å². The molecule has 0 aliphatic carbocycles. The minimum absolute atomic E-state index is 0.0123. The second-order valence-electron chi connectivity index (χ2n) is 3.70. The molecule has 8 N–H and O–H groups in total. The van der Waals surface area contributed by atoms with Crippen LogP contribution in [0, 0.1) is 0 Å². The fraction of sp³-hybridized carbons (Fsp3) is 0.556. The maximum absolute atomic E-state index is 6.00. The first-order valence-corrected chi connectivity index (χ1v) is 8.13. The molecule has 0 aromatic carbocycles. The van der Waals surface area contributed by atoms with Crippen LogP contribution in [0.1, 0.15) is 6.92 Å². The minimum atomic E-state index is -1.63. The van der Waals surface area contributed by atoms with Gasteiger partial charge in [-0.2, -0.15) is 0 Å². The van der Waals surface area contributed by atoms with Crippen molar-refractivity contribution in [2.24, 2.45) is 21.1 Å². The summed E-state index contributed by atoms with van der Waals surface area (Å²) in [5, 5.41) is 0. The van der Waals surface area contributed by atoms with E-state index in [-0.39, 0.29) is 20.1 Å². The van der Waals surface area contributed by atoms with Gasteiger partial charge in [-0.15, -0.1) is 0 Å². The first-order valence-electron chi connectivity index (χ1n) is 4.39. The summed E-state index contributed by atoms with van der Waals surface area (Å²) < 4.78 is 6.19. The summed E-state index contributed by atoms with van der Waals surface area (Å²) in [7, 11) is 0. The van der Waals surface area contributed by atoms with Gasteiger partial charge in [0, 0.05) is 0 Å². The van der Waals surface area contributed by atoms with Gasteiger partial charge in [0.1, 0.15) is 0 Å². The fourth-order valence-electron chi connectivity index (χ4n) is 1.47. The van der Waals surface area contributed by atoms with Crippen molar-refractivity contribution in [2.45, 2.75) is 27.0 Å². The zero-order valence-electron chi connectivity index (χ0n) is 8.41. The average molecular weight is 310 g/mol.